The van der Waals surface area contributed by atoms with Crippen molar-refractivity contribution in [2.45, 2.75) is 11.6 Å². The van der Waals surface area contributed by atoms with Crippen LogP contribution in [0.5, 0.6) is 5.88 Å². The maximum absolute atomic E-state index is 5.44. The second kappa shape index (κ2) is 5.04. The Morgan fingerprint density at radius 3 is 2.92 bits per heavy atom. The lowest BCUT2D eigenvalue weighted by Gasteiger charge is -2.06. The van der Waals surface area contributed by atoms with E-state index in [-0.39, 0.29) is 0 Å². The first kappa shape index (κ1) is 10.3. The normalized spacial score (nSPS) is 10.1. The molecule has 0 fully saturated rings. The van der Waals surface area contributed by atoms with E-state index in [1.54, 1.807) is 13.3 Å². The predicted octanol–water partition coefficient (Wildman–Crippen LogP) is 0.708. The maximum Gasteiger partial charge on any atom is 0.220 e. The average molecular weight is 199 g/mol. The van der Waals surface area contributed by atoms with E-state index < -0.39 is 0 Å². The fraction of sp³-hybridized carbons (Fsp3) is 0.500. The molecule has 1 heterocycles. The van der Waals surface area contributed by atoms with Crippen LogP contribution in [0.25, 0.3) is 0 Å². The average Bonchev–Trinajstić information content (AvgIpc) is 2.19. The van der Waals surface area contributed by atoms with Crippen molar-refractivity contribution < 1.29 is 4.74 Å². The lowest BCUT2D eigenvalue weighted by molar-refractivity contribution is 0.386. The Labute approximate surface area is 81.9 Å². The smallest absolute Gasteiger partial charge is 0.220 e. The molecule has 0 saturated heterocycles. The highest BCUT2D eigenvalue weighted by molar-refractivity contribution is 7.98. The molecule has 13 heavy (non-hydrogen) atoms. The molecule has 0 bridgehead atoms. The minimum atomic E-state index is 0.582. The summed E-state index contributed by atoms with van der Waals surface area (Å²) in [5.74, 6) is 0.629. The third kappa shape index (κ3) is 2.57. The number of nitrogens with zero attached hydrogens (tertiary/aromatic N) is 2. The fourth-order valence-corrected chi connectivity index (χ4v) is 1.31. The van der Waals surface area contributed by atoms with Crippen LogP contribution < -0.4 is 10.5 Å². The Balaban J connectivity index is 2.93. The SMILES string of the molecule is COc1nc(SC)ncc1CCN. The first-order valence-electron chi connectivity index (χ1n) is 3.95. The number of hydrogen-bond donors (Lipinski definition) is 1. The second-order valence-electron chi connectivity index (χ2n) is 2.43. The predicted molar refractivity (Wildman–Crippen MR) is 53.1 cm³/mol. The van der Waals surface area contributed by atoms with Gasteiger partial charge in [0.15, 0.2) is 5.16 Å². The molecule has 4 nitrogen and oxygen atoms in total. The lowest BCUT2D eigenvalue weighted by atomic mass is 10.2. The quantitative estimate of drug-likeness (QED) is 0.571. The minimum absolute atomic E-state index is 0.582. The van der Waals surface area contributed by atoms with Crippen LogP contribution in [0.15, 0.2) is 11.4 Å². The summed E-state index contributed by atoms with van der Waals surface area (Å²) in [5, 5.41) is 0.720. The zero-order chi connectivity index (χ0) is 9.68. The van der Waals surface area contributed by atoms with Gasteiger partial charge in [-0.1, -0.05) is 11.8 Å². The number of thioether (sulfide) groups is 1. The molecule has 1 aromatic heterocycles. The van der Waals surface area contributed by atoms with Crippen molar-refractivity contribution in [1.82, 2.24) is 9.97 Å². The number of nitrogens with two attached hydrogens (primary N) is 1. The summed E-state index contributed by atoms with van der Waals surface area (Å²) >= 11 is 1.49. The molecule has 0 amide bonds. The minimum Gasteiger partial charge on any atom is -0.481 e. The highest BCUT2D eigenvalue weighted by Gasteiger charge is 2.05. The number of hydrogen-bond acceptors (Lipinski definition) is 5. The lowest BCUT2D eigenvalue weighted by Crippen LogP contribution is -2.06. The van der Waals surface area contributed by atoms with Crippen molar-refractivity contribution >= 4 is 11.8 Å². The second-order valence-corrected chi connectivity index (χ2v) is 3.20. The summed E-state index contributed by atoms with van der Waals surface area (Å²) in [4.78, 5) is 8.34. The van der Waals surface area contributed by atoms with Gasteiger partial charge in [0.25, 0.3) is 0 Å². The molecule has 5 heteroatoms. The van der Waals surface area contributed by atoms with Crippen molar-refractivity contribution in [3.8, 4) is 5.88 Å². The molecule has 1 aromatic rings. The van der Waals surface area contributed by atoms with Crippen LogP contribution in [0, 0.1) is 0 Å². The highest BCUT2D eigenvalue weighted by Crippen LogP contribution is 2.18. The zero-order valence-electron chi connectivity index (χ0n) is 7.78. The van der Waals surface area contributed by atoms with Gasteiger partial charge in [-0.05, 0) is 19.2 Å². The van der Waals surface area contributed by atoms with Gasteiger partial charge in [0, 0.05) is 11.8 Å². The Bertz CT molecular complexity index is 280. The molecule has 0 atom stereocenters. The first-order chi connectivity index (χ1) is 6.31. The van der Waals surface area contributed by atoms with Gasteiger partial charge in [0.05, 0.1) is 7.11 Å². The van der Waals surface area contributed by atoms with Crippen molar-refractivity contribution in [1.29, 1.82) is 0 Å². The Kier molecular flexibility index (Phi) is 3.98. The van der Waals surface area contributed by atoms with E-state index in [9.17, 15) is 0 Å². The van der Waals surface area contributed by atoms with E-state index in [0.717, 1.165) is 17.1 Å². The largest absolute Gasteiger partial charge is 0.481 e. The van der Waals surface area contributed by atoms with Crippen LogP contribution in [0.4, 0.5) is 0 Å². The third-order valence-electron chi connectivity index (χ3n) is 1.59. The van der Waals surface area contributed by atoms with Gasteiger partial charge in [-0.3, -0.25) is 0 Å². The Morgan fingerprint density at radius 2 is 2.38 bits per heavy atom. The monoisotopic (exact) mass is 199 g/mol. The van der Waals surface area contributed by atoms with Crippen LogP contribution in [-0.4, -0.2) is 29.9 Å². The zero-order valence-corrected chi connectivity index (χ0v) is 8.60. The van der Waals surface area contributed by atoms with E-state index in [4.69, 9.17) is 10.5 Å². The Morgan fingerprint density at radius 1 is 1.62 bits per heavy atom. The van der Waals surface area contributed by atoms with E-state index in [0.29, 0.717) is 12.4 Å². The van der Waals surface area contributed by atoms with E-state index in [1.165, 1.54) is 11.8 Å². The molecule has 0 saturated carbocycles. The summed E-state index contributed by atoms with van der Waals surface area (Å²) in [6.45, 7) is 0.582. The fourth-order valence-electron chi connectivity index (χ4n) is 0.978. The first-order valence-corrected chi connectivity index (χ1v) is 5.18. The number of rotatable bonds is 4. The molecule has 0 unspecified atom stereocenters. The number of ether oxygens (including phenoxy) is 1. The van der Waals surface area contributed by atoms with Gasteiger partial charge in [-0.2, -0.15) is 4.98 Å². The van der Waals surface area contributed by atoms with E-state index in [1.807, 2.05) is 6.26 Å². The van der Waals surface area contributed by atoms with Gasteiger partial charge in [0.1, 0.15) is 0 Å². The molecule has 0 aliphatic carbocycles. The number of aromatic nitrogens is 2. The number of methoxy groups -OCH3 is 1. The van der Waals surface area contributed by atoms with Gasteiger partial charge >= 0.3 is 0 Å². The maximum atomic E-state index is 5.44. The molecule has 0 aliphatic rings. The van der Waals surface area contributed by atoms with Crippen molar-refractivity contribution in [3.05, 3.63) is 11.8 Å². The van der Waals surface area contributed by atoms with Gasteiger partial charge in [-0.15, -0.1) is 0 Å². The van der Waals surface area contributed by atoms with Gasteiger partial charge < -0.3 is 10.5 Å². The summed E-state index contributed by atoms with van der Waals surface area (Å²) < 4.78 is 5.12. The molecule has 0 aromatic carbocycles. The molecule has 1 rings (SSSR count). The van der Waals surface area contributed by atoms with Crippen molar-refractivity contribution in [3.63, 3.8) is 0 Å². The molecule has 0 radical (unpaired) electrons. The summed E-state index contributed by atoms with van der Waals surface area (Å²) in [6.07, 6.45) is 4.44. The highest BCUT2D eigenvalue weighted by atomic mass is 32.2. The van der Waals surface area contributed by atoms with Crippen LogP contribution in [-0.2, 0) is 6.42 Å². The van der Waals surface area contributed by atoms with E-state index >= 15 is 0 Å². The van der Waals surface area contributed by atoms with Crippen molar-refractivity contribution in [2.24, 2.45) is 5.73 Å². The van der Waals surface area contributed by atoms with Crippen LogP contribution in [0.1, 0.15) is 5.56 Å². The standard InChI is InChI=1S/C8H13N3OS/c1-12-7-6(3-4-9)5-10-8(11-7)13-2/h5H,3-4,9H2,1-2H3. The summed E-state index contributed by atoms with van der Waals surface area (Å²) in [5.41, 5.74) is 6.40. The molecular weight excluding hydrogens is 186 g/mol. The summed E-state index contributed by atoms with van der Waals surface area (Å²) in [7, 11) is 1.60. The summed E-state index contributed by atoms with van der Waals surface area (Å²) in [6, 6.07) is 0. The van der Waals surface area contributed by atoms with E-state index in [2.05, 4.69) is 9.97 Å². The van der Waals surface area contributed by atoms with Gasteiger partial charge in [0.2, 0.25) is 5.88 Å². The molecule has 2 N–H and O–H groups in total. The molecule has 0 spiro atoms. The van der Waals surface area contributed by atoms with Crippen molar-refractivity contribution in [2.75, 3.05) is 19.9 Å². The Hall–Kier alpha value is -0.810. The van der Waals surface area contributed by atoms with Crippen LogP contribution >= 0.6 is 11.8 Å². The van der Waals surface area contributed by atoms with Crippen LogP contribution in [0.2, 0.25) is 0 Å². The molecule has 0 aliphatic heterocycles. The topological polar surface area (TPSA) is 61.0 Å². The molecule has 72 valence electrons. The third-order valence-corrected chi connectivity index (χ3v) is 2.15. The van der Waals surface area contributed by atoms with Gasteiger partial charge in [-0.25, -0.2) is 4.98 Å². The van der Waals surface area contributed by atoms with Crippen LogP contribution in [0.3, 0.4) is 0 Å². The molecular formula is C8H13N3OS.